The van der Waals surface area contributed by atoms with Crippen molar-refractivity contribution >= 4 is 23.3 Å². The second-order valence-corrected chi connectivity index (χ2v) is 3.07. The summed E-state index contributed by atoms with van der Waals surface area (Å²) in [6.07, 6.45) is 1.17. The molecule has 0 spiro atoms. The SMILES string of the molecule is Cc1nc(N)c2ncc(C(=O)O)c(N)n12. The van der Waals surface area contributed by atoms with Gasteiger partial charge in [0, 0.05) is 6.20 Å². The highest BCUT2D eigenvalue weighted by molar-refractivity contribution is 5.93. The molecule has 78 valence electrons. The topological polar surface area (TPSA) is 120 Å². The van der Waals surface area contributed by atoms with Gasteiger partial charge in [-0.15, -0.1) is 0 Å². The minimum absolute atomic E-state index is 0.0667. The van der Waals surface area contributed by atoms with Gasteiger partial charge in [0.2, 0.25) is 0 Å². The average Bonchev–Trinajstić information content (AvgIpc) is 2.43. The number of nitrogens with zero attached hydrogens (tertiary/aromatic N) is 3. The normalized spacial score (nSPS) is 10.7. The molecule has 0 saturated heterocycles. The number of hydrogen-bond acceptors (Lipinski definition) is 5. The van der Waals surface area contributed by atoms with Gasteiger partial charge in [-0.1, -0.05) is 0 Å². The van der Waals surface area contributed by atoms with Crippen molar-refractivity contribution in [2.45, 2.75) is 6.92 Å². The predicted octanol–water partition coefficient (Wildman–Crippen LogP) is -0.0997. The van der Waals surface area contributed by atoms with Crippen LogP contribution in [0.5, 0.6) is 0 Å². The van der Waals surface area contributed by atoms with Gasteiger partial charge in [0.25, 0.3) is 0 Å². The number of nitrogens with two attached hydrogens (primary N) is 2. The molecule has 0 radical (unpaired) electrons. The van der Waals surface area contributed by atoms with Gasteiger partial charge in [0.15, 0.2) is 11.5 Å². The second kappa shape index (κ2) is 2.84. The fourth-order valence-corrected chi connectivity index (χ4v) is 1.43. The van der Waals surface area contributed by atoms with E-state index < -0.39 is 5.97 Å². The third-order valence-corrected chi connectivity index (χ3v) is 2.11. The van der Waals surface area contributed by atoms with E-state index in [0.717, 1.165) is 0 Å². The third kappa shape index (κ3) is 1.17. The standard InChI is InChI=1S/C8H9N5O2/c1-3-12-5(9)7-11-2-4(8(14)15)6(10)13(3)7/h2H,9-10H2,1H3,(H,14,15). The molecule has 2 aromatic rings. The second-order valence-electron chi connectivity index (χ2n) is 3.07. The van der Waals surface area contributed by atoms with Crippen LogP contribution in [-0.2, 0) is 0 Å². The van der Waals surface area contributed by atoms with E-state index in [1.807, 2.05) is 0 Å². The molecule has 7 heteroatoms. The zero-order chi connectivity index (χ0) is 11.2. The van der Waals surface area contributed by atoms with Crippen molar-refractivity contribution in [3.63, 3.8) is 0 Å². The van der Waals surface area contributed by atoms with Gasteiger partial charge < -0.3 is 16.6 Å². The van der Waals surface area contributed by atoms with Gasteiger partial charge in [0.1, 0.15) is 17.2 Å². The van der Waals surface area contributed by atoms with Crippen LogP contribution in [0, 0.1) is 6.92 Å². The van der Waals surface area contributed by atoms with E-state index in [1.54, 1.807) is 6.92 Å². The molecule has 0 aliphatic rings. The Hall–Kier alpha value is -2.31. The molecule has 2 aromatic heterocycles. The number of aryl methyl sites for hydroxylation is 1. The maximum atomic E-state index is 10.8. The van der Waals surface area contributed by atoms with Crippen LogP contribution in [0.1, 0.15) is 16.2 Å². The number of aromatic carboxylic acids is 1. The fourth-order valence-electron chi connectivity index (χ4n) is 1.43. The number of carboxylic acids is 1. The Labute approximate surface area is 84.4 Å². The number of anilines is 2. The third-order valence-electron chi connectivity index (χ3n) is 2.11. The summed E-state index contributed by atoms with van der Waals surface area (Å²) in [5, 5.41) is 8.84. The molecule has 0 aromatic carbocycles. The van der Waals surface area contributed by atoms with Gasteiger partial charge >= 0.3 is 5.97 Å². The molecule has 5 N–H and O–H groups in total. The lowest BCUT2D eigenvalue weighted by molar-refractivity contribution is 0.0697. The highest BCUT2D eigenvalue weighted by Gasteiger charge is 2.15. The Morgan fingerprint density at radius 2 is 2.20 bits per heavy atom. The van der Waals surface area contributed by atoms with E-state index in [-0.39, 0.29) is 17.2 Å². The lowest BCUT2D eigenvalue weighted by atomic mass is 10.3. The Kier molecular flexibility index (Phi) is 1.75. The Bertz CT molecular complexity index is 560. The largest absolute Gasteiger partial charge is 0.478 e. The Balaban J connectivity index is 2.89. The number of aromatic nitrogens is 3. The van der Waals surface area contributed by atoms with Gasteiger partial charge in [-0.2, -0.15) is 0 Å². The van der Waals surface area contributed by atoms with Gasteiger partial charge in [0.05, 0.1) is 0 Å². The lowest BCUT2D eigenvalue weighted by Gasteiger charge is -2.04. The van der Waals surface area contributed by atoms with Crippen LogP contribution in [0.25, 0.3) is 5.65 Å². The summed E-state index contributed by atoms with van der Waals surface area (Å²) < 4.78 is 1.42. The van der Waals surface area contributed by atoms with E-state index >= 15 is 0 Å². The molecule has 2 rings (SSSR count). The van der Waals surface area contributed by atoms with Crippen molar-refractivity contribution in [2.75, 3.05) is 11.5 Å². The maximum Gasteiger partial charge on any atom is 0.340 e. The molecule has 0 unspecified atom stereocenters. The van der Waals surface area contributed by atoms with Crippen molar-refractivity contribution in [2.24, 2.45) is 0 Å². The number of carboxylic acid groups (broad SMARTS) is 1. The molecule has 2 heterocycles. The zero-order valence-electron chi connectivity index (χ0n) is 7.93. The summed E-state index contributed by atoms with van der Waals surface area (Å²) in [7, 11) is 0. The summed E-state index contributed by atoms with van der Waals surface area (Å²) in [6, 6.07) is 0. The summed E-state index contributed by atoms with van der Waals surface area (Å²) >= 11 is 0. The number of imidazole rings is 1. The van der Waals surface area contributed by atoms with Crippen LogP contribution in [-0.4, -0.2) is 25.4 Å². The Morgan fingerprint density at radius 3 is 2.80 bits per heavy atom. The van der Waals surface area contributed by atoms with Gasteiger partial charge in [-0.25, -0.2) is 14.8 Å². The van der Waals surface area contributed by atoms with Gasteiger partial charge in [-0.3, -0.25) is 4.40 Å². The highest BCUT2D eigenvalue weighted by atomic mass is 16.4. The van der Waals surface area contributed by atoms with Crippen LogP contribution in [0.4, 0.5) is 11.6 Å². The quantitative estimate of drug-likeness (QED) is 0.600. The van der Waals surface area contributed by atoms with Crippen LogP contribution in [0.15, 0.2) is 6.20 Å². The molecule has 15 heavy (non-hydrogen) atoms. The van der Waals surface area contributed by atoms with Crippen molar-refractivity contribution < 1.29 is 9.90 Å². The molecule has 0 aliphatic heterocycles. The first-order valence-corrected chi connectivity index (χ1v) is 4.14. The van der Waals surface area contributed by atoms with Crippen LogP contribution < -0.4 is 11.5 Å². The van der Waals surface area contributed by atoms with E-state index in [0.29, 0.717) is 11.5 Å². The first-order valence-electron chi connectivity index (χ1n) is 4.14. The molecular formula is C8H9N5O2. The van der Waals surface area contributed by atoms with Crippen LogP contribution >= 0.6 is 0 Å². The minimum atomic E-state index is -1.13. The zero-order valence-corrected chi connectivity index (χ0v) is 7.93. The fraction of sp³-hybridized carbons (Fsp3) is 0.125. The first kappa shape index (κ1) is 9.25. The molecule has 0 saturated carbocycles. The molecule has 7 nitrogen and oxygen atoms in total. The molecule has 0 fully saturated rings. The van der Waals surface area contributed by atoms with Crippen molar-refractivity contribution in [3.8, 4) is 0 Å². The summed E-state index contributed by atoms with van der Waals surface area (Å²) in [4.78, 5) is 18.7. The van der Waals surface area contributed by atoms with E-state index in [4.69, 9.17) is 16.6 Å². The van der Waals surface area contributed by atoms with Crippen molar-refractivity contribution in [3.05, 3.63) is 17.6 Å². The van der Waals surface area contributed by atoms with E-state index in [1.165, 1.54) is 10.6 Å². The van der Waals surface area contributed by atoms with Crippen molar-refractivity contribution in [1.29, 1.82) is 0 Å². The maximum absolute atomic E-state index is 10.8. The molecule has 0 aliphatic carbocycles. The van der Waals surface area contributed by atoms with E-state index in [2.05, 4.69) is 9.97 Å². The first-order chi connectivity index (χ1) is 7.02. The highest BCUT2D eigenvalue weighted by Crippen LogP contribution is 2.19. The minimum Gasteiger partial charge on any atom is -0.478 e. The summed E-state index contributed by atoms with van der Waals surface area (Å²) in [5.41, 5.74) is 11.6. The molecule has 0 atom stereocenters. The monoisotopic (exact) mass is 207 g/mol. The average molecular weight is 207 g/mol. The molecule has 0 bridgehead atoms. The molecule has 0 amide bonds. The van der Waals surface area contributed by atoms with Crippen LogP contribution in [0.2, 0.25) is 0 Å². The number of nitrogen functional groups attached to an aromatic ring is 2. The predicted molar refractivity (Wildman–Crippen MR) is 53.5 cm³/mol. The van der Waals surface area contributed by atoms with Crippen molar-refractivity contribution in [1.82, 2.24) is 14.4 Å². The number of fused-ring (bicyclic) bond motifs is 1. The van der Waals surface area contributed by atoms with Crippen LogP contribution in [0.3, 0.4) is 0 Å². The Morgan fingerprint density at radius 1 is 1.53 bits per heavy atom. The van der Waals surface area contributed by atoms with Gasteiger partial charge in [-0.05, 0) is 6.92 Å². The summed E-state index contributed by atoms with van der Waals surface area (Å²) in [6.45, 7) is 1.67. The number of rotatable bonds is 1. The number of carbonyl (C=O) groups is 1. The number of hydrogen-bond donors (Lipinski definition) is 3. The smallest absolute Gasteiger partial charge is 0.340 e. The lowest BCUT2D eigenvalue weighted by Crippen LogP contribution is -2.09. The van der Waals surface area contributed by atoms with E-state index in [9.17, 15) is 4.79 Å². The summed E-state index contributed by atoms with van der Waals surface area (Å²) in [5.74, 6) is -0.311. The molecular weight excluding hydrogens is 198 g/mol.